The van der Waals surface area contributed by atoms with E-state index in [0.29, 0.717) is 0 Å². The molecule has 0 aromatic heterocycles. The van der Waals surface area contributed by atoms with E-state index in [0.717, 1.165) is 51.4 Å². The van der Waals surface area contributed by atoms with Gasteiger partial charge in [0.25, 0.3) is 0 Å². The van der Waals surface area contributed by atoms with Gasteiger partial charge in [-0.05, 0) is 162 Å². The Hall–Kier alpha value is -6.38. The van der Waals surface area contributed by atoms with Crippen molar-refractivity contribution in [3.63, 3.8) is 0 Å². The van der Waals surface area contributed by atoms with Crippen molar-refractivity contribution in [2.75, 3.05) is 9.80 Å². The molecule has 0 radical (unpaired) electrons. The molecule has 0 fully saturated rings. The van der Waals surface area contributed by atoms with Gasteiger partial charge in [0.05, 0.1) is 0 Å². The van der Waals surface area contributed by atoms with Gasteiger partial charge in [-0.3, -0.25) is 0 Å². The molecule has 5 aliphatic rings. The van der Waals surface area contributed by atoms with Gasteiger partial charge >= 0.3 is 0 Å². The van der Waals surface area contributed by atoms with Gasteiger partial charge in [-0.15, -0.1) is 0 Å². The predicted molar refractivity (Wildman–Crippen MR) is 250 cm³/mol. The van der Waals surface area contributed by atoms with E-state index in [-0.39, 0.29) is 5.41 Å². The number of hydrogen-bond acceptors (Lipinski definition) is 2. The maximum Gasteiger partial charge on any atom is 0.0464 e. The number of allylic oxidation sites excluding steroid dienone is 14. The van der Waals surface area contributed by atoms with Gasteiger partial charge in [-0.25, -0.2) is 0 Å². The third-order valence-electron chi connectivity index (χ3n) is 13.0. The summed E-state index contributed by atoms with van der Waals surface area (Å²) >= 11 is 0. The molecule has 0 heterocycles. The Morgan fingerprint density at radius 1 is 0.441 bits per heavy atom. The third kappa shape index (κ3) is 7.12. The molecule has 0 bridgehead atoms. The zero-order valence-electron chi connectivity index (χ0n) is 34.4. The number of hydrogen-bond donors (Lipinski definition) is 0. The van der Waals surface area contributed by atoms with Gasteiger partial charge in [0, 0.05) is 39.6 Å². The van der Waals surface area contributed by atoms with Gasteiger partial charge in [0.15, 0.2) is 0 Å². The average Bonchev–Trinajstić information content (AvgIpc) is 3.53. The number of para-hydroxylation sites is 2. The van der Waals surface area contributed by atoms with Crippen molar-refractivity contribution in [2.24, 2.45) is 0 Å². The summed E-state index contributed by atoms with van der Waals surface area (Å²) in [6.07, 6.45) is 29.7. The van der Waals surface area contributed by atoms with Crippen LogP contribution in [0.2, 0.25) is 0 Å². The summed E-state index contributed by atoms with van der Waals surface area (Å²) in [4.78, 5) is 4.93. The molecule has 2 heteroatoms. The lowest BCUT2D eigenvalue weighted by molar-refractivity contribution is 0.660. The minimum atomic E-state index is -0.0491. The Balaban J connectivity index is 0.895. The highest BCUT2D eigenvalue weighted by molar-refractivity contribution is 5.84. The molecule has 59 heavy (non-hydrogen) atoms. The first-order valence-corrected chi connectivity index (χ1v) is 21.6. The lowest BCUT2D eigenvalue weighted by atomic mass is 9.82. The Bertz CT molecular complexity index is 2660. The summed E-state index contributed by atoms with van der Waals surface area (Å²) in [6, 6.07) is 47.1. The molecular formula is C57H52N2. The lowest BCUT2D eigenvalue weighted by Gasteiger charge is -2.31. The zero-order valence-corrected chi connectivity index (χ0v) is 34.4. The highest BCUT2D eigenvalue weighted by Crippen LogP contribution is 2.50. The van der Waals surface area contributed by atoms with Gasteiger partial charge in [-0.1, -0.05) is 141 Å². The van der Waals surface area contributed by atoms with Crippen LogP contribution in [0.1, 0.15) is 87.5 Å². The molecule has 0 saturated heterocycles. The fourth-order valence-corrected chi connectivity index (χ4v) is 9.90. The van der Waals surface area contributed by atoms with E-state index in [2.05, 4.69) is 206 Å². The molecule has 0 aliphatic heterocycles. The summed E-state index contributed by atoms with van der Waals surface area (Å²) in [5, 5.41) is 0. The number of anilines is 3. The van der Waals surface area contributed by atoms with E-state index in [1.165, 1.54) is 89.8 Å². The molecule has 290 valence electrons. The molecule has 2 nitrogen and oxygen atoms in total. The largest absolute Gasteiger partial charge is 0.315 e. The molecule has 0 saturated carbocycles. The van der Waals surface area contributed by atoms with Crippen LogP contribution in [0.3, 0.4) is 0 Å². The normalized spacial score (nSPS) is 17.9. The maximum absolute atomic E-state index is 2.47. The molecule has 0 unspecified atom stereocenters. The second kappa shape index (κ2) is 15.8. The smallest absolute Gasteiger partial charge is 0.0464 e. The van der Waals surface area contributed by atoms with Crippen LogP contribution < -0.4 is 9.80 Å². The molecule has 0 N–H and O–H groups in total. The van der Waals surface area contributed by atoms with Gasteiger partial charge in [0.1, 0.15) is 0 Å². The fraction of sp³-hybridized carbons (Fsp3) is 0.193. The first kappa shape index (κ1) is 36.9. The topological polar surface area (TPSA) is 6.48 Å². The minimum absolute atomic E-state index is 0.0491. The fourth-order valence-electron chi connectivity index (χ4n) is 9.90. The van der Waals surface area contributed by atoms with E-state index in [4.69, 9.17) is 0 Å². The van der Waals surface area contributed by atoms with Crippen LogP contribution in [0.4, 0.5) is 17.1 Å². The van der Waals surface area contributed by atoms with Crippen molar-refractivity contribution < 1.29 is 0 Å². The first-order chi connectivity index (χ1) is 29.0. The SMILES string of the molecule is CC1(C)c2ccccc2-c2ccc(N(C3=CCCC(C4=CC=C(c5ccc(C6=CC(N(C7=CC=CCC7)c7ccccc7)=CCC6)cc5)CC4)=C3)c3ccccc3)cc21. The summed E-state index contributed by atoms with van der Waals surface area (Å²) in [5.74, 6) is 0. The highest BCUT2D eigenvalue weighted by Gasteiger charge is 2.36. The number of nitrogens with zero attached hydrogens (tertiary/aromatic N) is 2. The summed E-state index contributed by atoms with van der Waals surface area (Å²) in [5.41, 5.74) is 21.4. The van der Waals surface area contributed by atoms with E-state index in [9.17, 15) is 0 Å². The van der Waals surface area contributed by atoms with Crippen LogP contribution in [0.15, 0.2) is 210 Å². The molecule has 5 aromatic rings. The number of rotatable bonds is 9. The summed E-state index contributed by atoms with van der Waals surface area (Å²) in [7, 11) is 0. The number of fused-ring (bicyclic) bond motifs is 3. The maximum atomic E-state index is 2.47. The Morgan fingerprint density at radius 3 is 1.73 bits per heavy atom. The Morgan fingerprint density at radius 2 is 1.03 bits per heavy atom. The van der Waals surface area contributed by atoms with E-state index in [1.807, 2.05) is 0 Å². The van der Waals surface area contributed by atoms with Crippen LogP contribution in [0, 0.1) is 0 Å². The van der Waals surface area contributed by atoms with Crippen LogP contribution in [-0.2, 0) is 5.41 Å². The predicted octanol–water partition coefficient (Wildman–Crippen LogP) is 15.3. The van der Waals surface area contributed by atoms with Crippen LogP contribution >= 0.6 is 0 Å². The standard InChI is InChI=1S/C57H52N2/c1-57(2)55-27-13-12-26-53(55)54-37-36-52(40-56(54)57)59(49-22-10-5-11-23-49)51-25-15-17-46(39-51)44-34-30-42(31-35-44)41-28-32-43(33-29-41)45-16-14-24-50(38-45)58(47-18-6-3-7-19-47)48-20-8-4-9-21-48/h3-8,10-13,18-20,22-30,32-34,36-40H,9,14-17,21,31,35H2,1-2H3. The Kier molecular flexibility index (Phi) is 9.86. The number of benzene rings is 5. The minimum Gasteiger partial charge on any atom is -0.315 e. The quantitative estimate of drug-likeness (QED) is 0.147. The molecule has 10 rings (SSSR count). The van der Waals surface area contributed by atoms with Crippen LogP contribution in [0.5, 0.6) is 0 Å². The van der Waals surface area contributed by atoms with E-state index >= 15 is 0 Å². The summed E-state index contributed by atoms with van der Waals surface area (Å²) in [6.45, 7) is 4.74. The third-order valence-corrected chi connectivity index (χ3v) is 13.0. The van der Waals surface area contributed by atoms with Gasteiger partial charge in [0.2, 0.25) is 0 Å². The molecule has 0 amide bonds. The highest BCUT2D eigenvalue weighted by atomic mass is 15.2. The van der Waals surface area contributed by atoms with Crippen molar-refractivity contribution in [1.82, 2.24) is 0 Å². The molecule has 0 atom stereocenters. The summed E-state index contributed by atoms with van der Waals surface area (Å²) < 4.78 is 0. The molecule has 0 spiro atoms. The van der Waals surface area contributed by atoms with E-state index < -0.39 is 0 Å². The van der Waals surface area contributed by atoms with Crippen molar-refractivity contribution >= 4 is 28.2 Å². The van der Waals surface area contributed by atoms with Crippen molar-refractivity contribution in [3.8, 4) is 11.1 Å². The molecule has 5 aliphatic carbocycles. The first-order valence-electron chi connectivity index (χ1n) is 21.6. The molecular weight excluding hydrogens is 713 g/mol. The van der Waals surface area contributed by atoms with Crippen LogP contribution in [0.25, 0.3) is 22.3 Å². The van der Waals surface area contributed by atoms with Gasteiger partial charge < -0.3 is 9.80 Å². The zero-order chi connectivity index (χ0) is 39.8. The average molecular weight is 765 g/mol. The van der Waals surface area contributed by atoms with Crippen molar-refractivity contribution in [1.29, 1.82) is 0 Å². The second-order valence-corrected chi connectivity index (χ2v) is 17.0. The lowest BCUT2D eigenvalue weighted by Crippen LogP contribution is -2.22. The Labute approximate surface area is 350 Å². The van der Waals surface area contributed by atoms with Crippen molar-refractivity contribution in [2.45, 2.75) is 70.6 Å². The van der Waals surface area contributed by atoms with Crippen molar-refractivity contribution in [3.05, 3.63) is 233 Å². The monoisotopic (exact) mass is 764 g/mol. The van der Waals surface area contributed by atoms with E-state index in [1.54, 1.807) is 0 Å². The van der Waals surface area contributed by atoms with Gasteiger partial charge in [-0.2, -0.15) is 0 Å². The molecule has 5 aromatic carbocycles. The van der Waals surface area contributed by atoms with Crippen LogP contribution in [-0.4, -0.2) is 0 Å². The second-order valence-electron chi connectivity index (χ2n) is 17.0.